The van der Waals surface area contributed by atoms with Gasteiger partial charge in [-0.05, 0) is 31.5 Å². The predicted molar refractivity (Wildman–Crippen MR) is 45.6 cm³/mol. The maximum Gasteiger partial charge on any atom is 0.130 e. The van der Waals surface area contributed by atoms with Gasteiger partial charge in [0.25, 0.3) is 0 Å². The molecule has 0 bridgehead atoms. The van der Waals surface area contributed by atoms with Crippen LogP contribution in [0.1, 0.15) is 19.4 Å². The summed E-state index contributed by atoms with van der Waals surface area (Å²) in [7, 11) is 0. The van der Waals surface area contributed by atoms with E-state index in [1.54, 1.807) is 24.3 Å². The summed E-state index contributed by atoms with van der Waals surface area (Å²) in [5, 5.41) is 0.577. The van der Waals surface area contributed by atoms with Crippen LogP contribution in [0.25, 0.3) is 0 Å². The van der Waals surface area contributed by atoms with E-state index in [9.17, 15) is 4.39 Å². The van der Waals surface area contributed by atoms with E-state index in [1.165, 1.54) is 13.8 Å². The zero-order valence-corrected chi connectivity index (χ0v) is 7.32. The van der Waals surface area contributed by atoms with Gasteiger partial charge in [0.2, 0.25) is 0 Å². The summed E-state index contributed by atoms with van der Waals surface area (Å²) in [6.45, 7) is 3.03. The first-order valence-corrected chi connectivity index (χ1v) is 3.83. The van der Waals surface area contributed by atoms with Gasteiger partial charge < -0.3 is 0 Å². The molecular weight excluding hydrogens is 163 g/mol. The Bertz CT molecular complexity index is 250. The molecule has 0 saturated carbocycles. The highest BCUT2D eigenvalue weighted by atomic mass is 35.5. The van der Waals surface area contributed by atoms with E-state index < -0.39 is 5.67 Å². The Kier molecular flexibility index (Phi) is 2.19. The third kappa shape index (κ3) is 2.19. The van der Waals surface area contributed by atoms with E-state index in [-0.39, 0.29) is 0 Å². The topological polar surface area (TPSA) is 0 Å². The van der Waals surface area contributed by atoms with Gasteiger partial charge in [-0.15, -0.1) is 0 Å². The second kappa shape index (κ2) is 2.82. The van der Waals surface area contributed by atoms with Crippen LogP contribution >= 0.6 is 11.6 Å². The van der Waals surface area contributed by atoms with Gasteiger partial charge >= 0.3 is 0 Å². The maximum absolute atomic E-state index is 13.2. The summed E-state index contributed by atoms with van der Waals surface area (Å²) in [5.41, 5.74) is -0.685. The highest BCUT2D eigenvalue weighted by molar-refractivity contribution is 6.30. The molecule has 0 aliphatic carbocycles. The number of alkyl halides is 1. The number of halogens is 2. The SMILES string of the molecule is CC(C)(F)c1cccc(Cl)c1. The van der Waals surface area contributed by atoms with Gasteiger partial charge in [0.1, 0.15) is 5.67 Å². The highest BCUT2D eigenvalue weighted by Crippen LogP contribution is 2.26. The second-order valence-corrected chi connectivity index (χ2v) is 3.42. The molecule has 1 aromatic rings. The Morgan fingerprint density at radius 2 is 2.00 bits per heavy atom. The van der Waals surface area contributed by atoms with Gasteiger partial charge in [0, 0.05) is 5.02 Å². The molecule has 0 nitrogen and oxygen atoms in total. The zero-order chi connectivity index (χ0) is 8.48. The largest absolute Gasteiger partial charge is 0.239 e. The number of hydrogen-bond donors (Lipinski definition) is 0. The van der Waals surface area contributed by atoms with Gasteiger partial charge in [0.15, 0.2) is 0 Å². The molecule has 0 atom stereocenters. The molecule has 2 heteroatoms. The third-order valence-corrected chi connectivity index (χ3v) is 1.75. The van der Waals surface area contributed by atoms with Gasteiger partial charge in [-0.25, -0.2) is 4.39 Å². The van der Waals surface area contributed by atoms with Gasteiger partial charge in [-0.3, -0.25) is 0 Å². The predicted octanol–water partition coefficient (Wildman–Crippen LogP) is 3.54. The van der Waals surface area contributed by atoms with Gasteiger partial charge in [0.05, 0.1) is 0 Å². The molecule has 0 N–H and O–H groups in total. The van der Waals surface area contributed by atoms with Crippen LogP contribution in [0, 0.1) is 0 Å². The first-order chi connectivity index (χ1) is 5.00. The first-order valence-electron chi connectivity index (χ1n) is 3.45. The fourth-order valence-corrected chi connectivity index (χ4v) is 1.05. The summed E-state index contributed by atoms with van der Waals surface area (Å²) < 4.78 is 13.2. The fourth-order valence-electron chi connectivity index (χ4n) is 0.858. The van der Waals surface area contributed by atoms with Crippen molar-refractivity contribution in [3.63, 3.8) is 0 Å². The molecule has 0 saturated heterocycles. The highest BCUT2D eigenvalue weighted by Gasteiger charge is 2.17. The summed E-state index contributed by atoms with van der Waals surface area (Å²) in [6, 6.07) is 6.85. The summed E-state index contributed by atoms with van der Waals surface area (Å²) in [6.07, 6.45) is 0. The normalized spacial score (nSPS) is 11.6. The van der Waals surface area contributed by atoms with Crippen molar-refractivity contribution in [2.24, 2.45) is 0 Å². The molecule has 0 unspecified atom stereocenters. The van der Waals surface area contributed by atoms with Crippen LogP contribution in [-0.4, -0.2) is 0 Å². The number of rotatable bonds is 1. The molecule has 1 rings (SSSR count). The Balaban J connectivity index is 3.06. The minimum Gasteiger partial charge on any atom is -0.239 e. The van der Waals surface area contributed by atoms with Gasteiger partial charge in [-0.2, -0.15) is 0 Å². The van der Waals surface area contributed by atoms with Gasteiger partial charge in [-0.1, -0.05) is 23.7 Å². The second-order valence-electron chi connectivity index (χ2n) is 2.98. The molecule has 1 aromatic carbocycles. The third-order valence-electron chi connectivity index (χ3n) is 1.51. The molecule has 0 aliphatic rings. The van der Waals surface area contributed by atoms with Crippen LogP contribution in [0.2, 0.25) is 5.02 Å². The van der Waals surface area contributed by atoms with Crippen LogP contribution in [0.15, 0.2) is 24.3 Å². The van der Waals surface area contributed by atoms with Crippen molar-refractivity contribution < 1.29 is 4.39 Å². The lowest BCUT2D eigenvalue weighted by Gasteiger charge is -2.14. The Labute approximate surface area is 71.0 Å². The maximum atomic E-state index is 13.2. The Morgan fingerprint density at radius 3 is 2.36 bits per heavy atom. The molecule has 0 aliphatic heterocycles. The van der Waals surface area contributed by atoms with E-state index in [1.807, 2.05) is 0 Å². The molecule has 11 heavy (non-hydrogen) atoms. The lowest BCUT2D eigenvalue weighted by molar-refractivity contribution is 0.221. The smallest absolute Gasteiger partial charge is 0.130 e. The van der Waals surface area contributed by atoms with Crippen molar-refractivity contribution >= 4 is 11.6 Å². The molecule has 0 fully saturated rings. The molecule has 0 spiro atoms. The number of hydrogen-bond acceptors (Lipinski definition) is 0. The fraction of sp³-hybridized carbons (Fsp3) is 0.333. The van der Waals surface area contributed by atoms with Crippen LogP contribution < -0.4 is 0 Å². The molecule has 0 amide bonds. The van der Waals surface area contributed by atoms with Crippen LogP contribution in [0.5, 0.6) is 0 Å². The van der Waals surface area contributed by atoms with E-state index in [0.717, 1.165) is 0 Å². The van der Waals surface area contributed by atoms with Crippen molar-refractivity contribution in [1.29, 1.82) is 0 Å². The molecular formula is C9H10ClF. The number of benzene rings is 1. The lowest BCUT2D eigenvalue weighted by Crippen LogP contribution is -2.08. The quantitative estimate of drug-likeness (QED) is 0.608. The van der Waals surface area contributed by atoms with E-state index in [4.69, 9.17) is 11.6 Å². The van der Waals surface area contributed by atoms with E-state index in [2.05, 4.69) is 0 Å². The standard InChI is InChI=1S/C9H10ClF/c1-9(2,11)7-4-3-5-8(10)6-7/h3-6H,1-2H3. The molecule has 0 aromatic heterocycles. The van der Waals surface area contributed by atoms with Crippen molar-refractivity contribution in [1.82, 2.24) is 0 Å². The van der Waals surface area contributed by atoms with Crippen LogP contribution in [-0.2, 0) is 5.67 Å². The molecule has 0 heterocycles. The average Bonchev–Trinajstić information content (AvgIpc) is 1.86. The minimum atomic E-state index is -1.30. The Morgan fingerprint density at radius 1 is 1.36 bits per heavy atom. The van der Waals surface area contributed by atoms with E-state index in [0.29, 0.717) is 10.6 Å². The van der Waals surface area contributed by atoms with Crippen molar-refractivity contribution in [3.05, 3.63) is 34.9 Å². The van der Waals surface area contributed by atoms with Crippen molar-refractivity contribution in [2.75, 3.05) is 0 Å². The van der Waals surface area contributed by atoms with Crippen LogP contribution in [0.3, 0.4) is 0 Å². The molecule has 60 valence electrons. The lowest BCUT2D eigenvalue weighted by atomic mass is 10.0. The minimum absolute atomic E-state index is 0.577. The first kappa shape index (κ1) is 8.54. The summed E-state index contributed by atoms with van der Waals surface area (Å²) >= 11 is 5.68. The van der Waals surface area contributed by atoms with E-state index >= 15 is 0 Å². The van der Waals surface area contributed by atoms with Crippen molar-refractivity contribution in [2.45, 2.75) is 19.5 Å². The van der Waals surface area contributed by atoms with Crippen LogP contribution in [0.4, 0.5) is 4.39 Å². The summed E-state index contributed by atoms with van der Waals surface area (Å²) in [5.74, 6) is 0. The average molecular weight is 173 g/mol. The Hall–Kier alpha value is -0.560. The van der Waals surface area contributed by atoms with Crippen molar-refractivity contribution in [3.8, 4) is 0 Å². The monoisotopic (exact) mass is 172 g/mol. The summed E-state index contributed by atoms with van der Waals surface area (Å²) in [4.78, 5) is 0. The zero-order valence-electron chi connectivity index (χ0n) is 6.57. The molecule has 0 radical (unpaired) electrons.